The van der Waals surface area contributed by atoms with Crippen LogP contribution in [0.25, 0.3) is 0 Å². The maximum atomic E-state index is 11.7. The van der Waals surface area contributed by atoms with E-state index in [0.29, 0.717) is 5.92 Å². The molecule has 1 rings (SSSR count). The lowest BCUT2D eigenvalue weighted by Crippen LogP contribution is -2.26. The second-order valence-corrected chi connectivity index (χ2v) is 5.60. The average molecular weight is 290 g/mol. The van der Waals surface area contributed by atoms with Gasteiger partial charge >= 0.3 is 0 Å². The molecule has 3 heteroatoms. The molecule has 0 heterocycles. The predicted octanol–water partition coefficient (Wildman–Crippen LogP) is 3.64. The number of unbranched alkanes of at least 4 members (excludes halogenated alkanes) is 1. The van der Waals surface area contributed by atoms with E-state index < -0.39 is 0 Å². The number of amides is 1. The van der Waals surface area contributed by atoms with E-state index in [1.54, 1.807) is 0 Å². The minimum atomic E-state index is 0.265. The van der Waals surface area contributed by atoms with Crippen molar-refractivity contribution in [1.82, 2.24) is 5.32 Å². The lowest BCUT2D eigenvalue weighted by molar-refractivity contribution is -0.122. The van der Waals surface area contributed by atoms with Crippen molar-refractivity contribution in [2.24, 2.45) is 5.92 Å². The second-order valence-electron chi connectivity index (χ2n) is 4.81. The van der Waals surface area contributed by atoms with E-state index in [1.807, 2.05) is 0 Å². The van der Waals surface area contributed by atoms with Crippen molar-refractivity contribution in [1.29, 1.82) is 0 Å². The third kappa shape index (κ3) is 6.51. The topological polar surface area (TPSA) is 29.1 Å². The van der Waals surface area contributed by atoms with E-state index >= 15 is 0 Å². The van der Waals surface area contributed by atoms with Gasteiger partial charge in [-0.25, -0.2) is 0 Å². The zero-order valence-electron chi connectivity index (χ0n) is 10.1. The van der Waals surface area contributed by atoms with Crippen LogP contribution < -0.4 is 5.32 Å². The third-order valence-corrected chi connectivity index (χ3v) is 3.89. The fourth-order valence-electron chi connectivity index (χ4n) is 2.35. The smallest absolute Gasteiger partial charge is 0.220 e. The molecule has 2 nitrogen and oxygen atoms in total. The zero-order valence-corrected chi connectivity index (χ0v) is 11.7. The molecule has 0 radical (unpaired) electrons. The summed E-state index contributed by atoms with van der Waals surface area (Å²) in [6.45, 7) is 0.844. The Morgan fingerprint density at radius 2 is 1.81 bits per heavy atom. The van der Waals surface area contributed by atoms with Crippen molar-refractivity contribution in [3.63, 3.8) is 0 Å². The van der Waals surface area contributed by atoms with E-state index in [1.165, 1.54) is 38.5 Å². The Balaban J connectivity index is 2.07. The quantitative estimate of drug-likeness (QED) is 0.451. The molecule has 0 unspecified atom stereocenters. The lowest BCUT2D eigenvalue weighted by atomic mass is 9.96. The molecule has 0 saturated heterocycles. The van der Waals surface area contributed by atoms with Crippen LogP contribution in [0.1, 0.15) is 57.8 Å². The molecular formula is C13H24BrNO. The fraction of sp³-hybridized carbons (Fsp3) is 0.923. The van der Waals surface area contributed by atoms with Gasteiger partial charge in [-0.3, -0.25) is 4.79 Å². The van der Waals surface area contributed by atoms with Crippen molar-refractivity contribution in [2.75, 3.05) is 11.9 Å². The predicted molar refractivity (Wildman–Crippen MR) is 71.8 cm³/mol. The maximum absolute atomic E-state index is 11.7. The van der Waals surface area contributed by atoms with Crippen molar-refractivity contribution < 1.29 is 4.79 Å². The Kier molecular flexibility index (Phi) is 7.91. The Morgan fingerprint density at radius 3 is 2.44 bits per heavy atom. The van der Waals surface area contributed by atoms with Crippen LogP contribution in [0.4, 0.5) is 0 Å². The average Bonchev–Trinajstić information content (AvgIpc) is 2.53. The second kappa shape index (κ2) is 9.03. The van der Waals surface area contributed by atoms with Gasteiger partial charge < -0.3 is 5.32 Å². The number of hydrogen-bond acceptors (Lipinski definition) is 1. The Labute approximate surface area is 108 Å². The van der Waals surface area contributed by atoms with Gasteiger partial charge in [-0.2, -0.15) is 0 Å². The first kappa shape index (κ1) is 14.0. The normalized spacial score (nSPS) is 18.1. The molecule has 1 N–H and O–H groups in total. The highest BCUT2D eigenvalue weighted by molar-refractivity contribution is 9.09. The fourth-order valence-corrected chi connectivity index (χ4v) is 2.75. The summed E-state index contributed by atoms with van der Waals surface area (Å²) < 4.78 is 0. The summed E-state index contributed by atoms with van der Waals surface area (Å²) >= 11 is 3.39. The first-order valence-corrected chi connectivity index (χ1v) is 7.77. The summed E-state index contributed by atoms with van der Waals surface area (Å²) in [5.74, 6) is 0.917. The molecule has 0 bridgehead atoms. The van der Waals surface area contributed by atoms with E-state index in [0.717, 1.165) is 31.1 Å². The molecule has 94 valence electrons. The molecule has 1 amide bonds. The highest BCUT2D eigenvalue weighted by atomic mass is 79.9. The summed E-state index contributed by atoms with van der Waals surface area (Å²) in [5.41, 5.74) is 0. The maximum Gasteiger partial charge on any atom is 0.220 e. The van der Waals surface area contributed by atoms with Crippen molar-refractivity contribution in [3.8, 4) is 0 Å². The molecule has 16 heavy (non-hydrogen) atoms. The SMILES string of the molecule is O=C(CC1CCCCCC1)NCCCCBr. The van der Waals surface area contributed by atoms with Gasteiger partial charge in [0.25, 0.3) is 0 Å². The highest BCUT2D eigenvalue weighted by Crippen LogP contribution is 2.25. The minimum absolute atomic E-state index is 0.265. The van der Waals surface area contributed by atoms with Crippen molar-refractivity contribution >= 4 is 21.8 Å². The molecule has 1 saturated carbocycles. The van der Waals surface area contributed by atoms with Crippen LogP contribution in [-0.4, -0.2) is 17.8 Å². The zero-order chi connectivity index (χ0) is 11.6. The molecule has 1 aliphatic rings. The van der Waals surface area contributed by atoms with Gasteiger partial charge in [0.2, 0.25) is 5.91 Å². The van der Waals surface area contributed by atoms with E-state index in [2.05, 4.69) is 21.2 Å². The van der Waals surface area contributed by atoms with Crippen LogP contribution in [0.2, 0.25) is 0 Å². The molecule has 1 aliphatic carbocycles. The number of carbonyl (C=O) groups is 1. The van der Waals surface area contributed by atoms with Gasteiger partial charge in [-0.15, -0.1) is 0 Å². The van der Waals surface area contributed by atoms with Crippen LogP contribution in [-0.2, 0) is 4.79 Å². The van der Waals surface area contributed by atoms with E-state index in [-0.39, 0.29) is 5.91 Å². The number of halogens is 1. The minimum Gasteiger partial charge on any atom is -0.356 e. The van der Waals surface area contributed by atoms with Crippen LogP contribution >= 0.6 is 15.9 Å². The van der Waals surface area contributed by atoms with Crippen LogP contribution in [0, 0.1) is 5.92 Å². The van der Waals surface area contributed by atoms with E-state index in [9.17, 15) is 4.79 Å². The molecule has 0 aromatic heterocycles. The summed E-state index contributed by atoms with van der Waals surface area (Å²) in [6, 6.07) is 0. The number of alkyl halides is 1. The molecule has 0 aromatic rings. The molecule has 0 aromatic carbocycles. The summed E-state index contributed by atoms with van der Waals surface area (Å²) in [4.78, 5) is 11.7. The van der Waals surface area contributed by atoms with Gasteiger partial charge in [0, 0.05) is 18.3 Å². The number of rotatable bonds is 6. The Hall–Kier alpha value is -0.0500. The molecule has 0 atom stereocenters. The summed E-state index contributed by atoms with van der Waals surface area (Å²) in [6.07, 6.45) is 10.9. The Morgan fingerprint density at radius 1 is 1.12 bits per heavy atom. The molecule has 1 fully saturated rings. The first-order valence-electron chi connectivity index (χ1n) is 6.65. The van der Waals surface area contributed by atoms with Gasteiger partial charge in [0.1, 0.15) is 0 Å². The van der Waals surface area contributed by atoms with Gasteiger partial charge in [-0.05, 0) is 31.6 Å². The largest absolute Gasteiger partial charge is 0.356 e. The Bertz CT molecular complexity index is 188. The van der Waals surface area contributed by atoms with Crippen molar-refractivity contribution in [2.45, 2.75) is 57.8 Å². The molecular weight excluding hydrogens is 266 g/mol. The van der Waals surface area contributed by atoms with Crippen LogP contribution in [0.15, 0.2) is 0 Å². The third-order valence-electron chi connectivity index (χ3n) is 3.33. The highest BCUT2D eigenvalue weighted by Gasteiger charge is 2.15. The standard InChI is InChI=1S/C13H24BrNO/c14-9-5-6-10-15-13(16)11-12-7-3-1-2-4-8-12/h12H,1-11H2,(H,15,16). The van der Waals surface area contributed by atoms with Crippen LogP contribution in [0.5, 0.6) is 0 Å². The number of hydrogen-bond donors (Lipinski definition) is 1. The number of carbonyl (C=O) groups excluding carboxylic acids is 1. The number of nitrogens with one attached hydrogen (secondary N) is 1. The van der Waals surface area contributed by atoms with Gasteiger partial charge in [-0.1, -0.05) is 41.6 Å². The van der Waals surface area contributed by atoms with Gasteiger partial charge in [0.05, 0.1) is 0 Å². The summed E-state index contributed by atoms with van der Waals surface area (Å²) in [5, 5.41) is 4.06. The molecule has 0 aliphatic heterocycles. The lowest BCUT2D eigenvalue weighted by Gasteiger charge is -2.13. The summed E-state index contributed by atoms with van der Waals surface area (Å²) in [7, 11) is 0. The monoisotopic (exact) mass is 289 g/mol. The van der Waals surface area contributed by atoms with Crippen LogP contribution in [0.3, 0.4) is 0 Å². The van der Waals surface area contributed by atoms with Gasteiger partial charge in [0.15, 0.2) is 0 Å². The molecule has 0 spiro atoms. The first-order chi connectivity index (χ1) is 7.83. The van der Waals surface area contributed by atoms with Crippen molar-refractivity contribution in [3.05, 3.63) is 0 Å². The van der Waals surface area contributed by atoms with E-state index in [4.69, 9.17) is 0 Å².